The van der Waals surface area contributed by atoms with Gasteiger partial charge < -0.3 is 9.30 Å². The Morgan fingerprint density at radius 1 is 1.53 bits per heavy atom. The second-order valence-electron chi connectivity index (χ2n) is 3.71. The Morgan fingerprint density at radius 2 is 2.12 bits per heavy atom. The first-order valence-electron chi connectivity index (χ1n) is 4.95. The first-order chi connectivity index (χ1) is 7.80. The van der Waals surface area contributed by atoms with Gasteiger partial charge in [-0.3, -0.25) is 4.79 Å². The van der Waals surface area contributed by atoms with Crippen molar-refractivity contribution < 1.29 is 17.9 Å². The summed E-state index contributed by atoms with van der Waals surface area (Å²) >= 11 is 0. The molecule has 6 nitrogen and oxygen atoms in total. The number of aromatic nitrogens is 1. The molecule has 96 valence electrons. The van der Waals surface area contributed by atoms with Gasteiger partial charge in [0.25, 0.3) is 0 Å². The lowest BCUT2D eigenvalue weighted by Crippen LogP contribution is -2.32. The van der Waals surface area contributed by atoms with Gasteiger partial charge >= 0.3 is 5.97 Å². The number of carbonyl (C=O) groups excluding carboxylic acids is 1. The minimum absolute atomic E-state index is 0.200. The van der Waals surface area contributed by atoms with E-state index < -0.39 is 16.0 Å². The predicted octanol–water partition coefficient (Wildman–Crippen LogP) is 0.127. The number of likely N-dealkylation sites (N-methyl/N-ethyl adjacent to an activating group) is 1. The van der Waals surface area contributed by atoms with Crippen molar-refractivity contribution in [1.29, 1.82) is 0 Å². The van der Waals surface area contributed by atoms with Crippen LogP contribution < -0.4 is 0 Å². The summed E-state index contributed by atoms with van der Waals surface area (Å²) in [6.07, 6.45) is 1.66. The highest BCUT2D eigenvalue weighted by Gasteiger charge is 2.26. The number of hydrogen-bond donors (Lipinski definition) is 0. The van der Waals surface area contributed by atoms with Gasteiger partial charge in [0.05, 0.1) is 7.11 Å². The Labute approximate surface area is 101 Å². The second-order valence-corrected chi connectivity index (χ2v) is 5.73. The topological polar surface area (TPSA) is 68.6 Å². The van der Waals surface area contributed by atoms with Gasteiger partial charge in [0.15, 0.2) is 0 Å². The Kier molecular flexibility index (Phi) is 3.94. The van der Waals surface area contributed by atoms with Crippen LogP contribution in [0.25, 0.3) is 0 Å². The molecule has 0 fully saturated rings. The predicted molar refractivity (Wildman–Crippen MR) is 62.0 cm³/mol. The lowest BCUT2D eigenvalue weighted by atomic mass is 10.5. The van der Waals surface area contributed by atoms with Gasteiger partial charge in [-0.1, -0.05) is 0 Å². The van der Waals surface area contributed by atoms with E-state index in [4.69, 9.17) is 0 Å². The zero-order valence-electron chi connectivity index (χ0n) is 10.3. The van der Waals surface area contributed by atoms with Crippen LogP contribution in [0, 0.1) is 6.92 Å². The fourth-order valence-electron chi connectivity index (χ4n) is 1.36. The average Bonchev–Trinajstić information content (AvgIpc) is 2.59. The number of rotatable bonds is 4. The van der Waals surface area contributed by atoms with E-state index in [1.807, 2.05) is 0 Å². The largest absolute Gasteiger partial charge is 0.468 e. The van der Waals surface area contributed by atoms with Crippen molar-refractivity contribution in [2.75, 3.05) is 20.7 Å². The van der Waals surface area contributed by atoms with Crippen LogP contribution in [-0.4, -0.2) is 44.0 Å². The van der Waals surface area contributed by atoms with Gasteiger partial charge in [-0.2, -0.15) is 4.31 Å². The van der Waals surface area contributed by atoms with Crippen LogP contribution in [0.2, 0.25) is 0 Å². The number of nitrogens with zero attached hydrogens (tertiary/aromatic N) is 2. The smallest absolute Gasteiger partial charge is 0.321 e. The summed E-state index contributed by atoms with van der Waals surface area (Å²) in [5, 5.41) is 0. The molecule has 0 aliphatic heterocycles. The van der Waals surface area contributed by atoms with Crippen molar-refractivity contribution in [2.45, 2.75) is 11.8 Å². The van der Waals surface area contributed by atoms with Gasteiger partial charge in [-0.05, 0) is 13.0 Å². The Morgan fingerprint density at radius 3 is 2.53 bits per heavy atom. The molecule has 1 rings (SSSR count). The number of methoxy groups -OCH3 is 1. The molecule has 0 unspecified atom stereocenters. The fourth-order valence-corrected chi connectivity index (χ4v) is 2.72. The lowest BCUT2D eigenvalue weighted by molar-refractivity contribution is -0.140. The Balaban J connectivity index is 3.03. The lowest BCUT2D eigenvalue weighted by Gasteiger charge is -2.15. The van der Waals surface area contributed by atoms with Gasteiger partial charge in [-0.15, -0.1) is 0 Å². The maximum Gasteiger partial charge on any atom is 0.321 e. The quantitative estimate of drug-likeness (QED) is 0.721. The molecule has 0 saturated heterocycles. The normalized spacial score (nSPS) is 11.8. The molecule has 0 saturated carbocycles. The van der Waals surface area contributed by atoms with Crippen molar-refractivity contribution in [3.8, 4) is 0 Å². The van der Waals surface area contributed by atoms with Crippen molar-refractivity contribution in [1.82, 2.24) is 8.87 Å². The van der Waals surface area contributed by atoms with Crippen molar-refractivity contribution in [3.05, 3.63) is 18.0 Å². The first-order valence-corrected chi connectivity index (χ1v) is 6.39. The fraction of sp³-hybridized carbons (Fsp3) is 0.500. The highest BCUT2D eigenvalue weighted by atomic mass is 32.2. The molecular weight excluding hydrogens is 244 g/mol. The molecule has 17 heavy (non-hydrogen) atoms. The highest BCUT2D eigenvalue weighted by molar-refractivity contribution is 7.89. The van der Waals surface area contributed by atoms with E-state index in [0.29, 0.717) is 5.69 Å². The molecule has 1 heterocycles. The first kappa shape index (κ1) is 13.7. The zero-order chi connectivity index (χ0) is 13.2. The van der Waals surface area contributed by atoms with Gasteiger partial charge in [0.2, 0.25) is 10.0 Å². The third-order valence-corrected chi connectivity index (χ3v) is 4.54. The number of esters is 1. The van der Waals surface area contributed by atoms with Crippen molar-refractivity contribution >= 4 is 16.0 Å². The molecule has 1 aromatic rings. The van der Waals surface area contributed by atoms with Gasteiger partial charge in [-0.25, -0.2) is 8.42 Å². The molecule has 0 radical (unpaired) electrons. The third-order valence-electron chi connectivity index (χ3n) is 2.60. The van der Waals surface area contributed by atoms with Crippen LogP contribution in [0.15, 0.2) is 17.2 Å². The van der Waals surface area contributed by atoms with E-state index in [2.05, 4.69) is 4.74 Å². The molecule has 0 bridgehead atoms. The molecule has 0 spiro atoms. The molecule has 0 amide bonds. The van der Waals surface area contributed by atoms with Gasteiger partial charge in [0.1, 0.15) is 11.4 Å². The summed E-state index contributed by atoms with van der Waals surface area (Å²) in [5.74, 6) is -0.593. The van der Waals surface area contributed by atoms with E-state index in [1.54, 1.807) is 24.7 Å². The van der Waals surface area contributed by atoms with Crippen molar-refractivity contribution in [2.24, 2.45) is 7.05 Å². The van der Waals surface area contributed by atoms with Crippen LogP contribution in [0.5, 0.6) is 0 Å². The van der Waals surface area contributed by atoms with Crippen molar-refractivity contribution in [3.63, 3.8) is 0 Å². The van der Waals surface area contributed by atoms with Crippen LogP contribution in [0.3, 0.4) is 0 Å². The van der Waals surface area contributed by atoms with E-state index in [-0.39, 0.29) is 11.4 Å². The number of aryl methyl sites for hydroxylation is 1. The summed E-state index contributed by atoms with van der Waals surface area (Å²) in [6, 6.07) is 1.51. The number of sulfonamides is 1. The number of carbonyl (C=O) groups is 1. The molecule has 1 aromatic heterocycles. The molecule has 0 aromatic carbocycles. The van der Waals surface area contributed by atoms with E-state index in [1.165, 1.54) is 20.2 Å². The molecule has 0 aliphatic rings. The maximum atomic E-state index is 12.1. The summed E-state index contributed by atoms with van der Waals surface area (Å²) < 4.78 is 31.4. The minimum Gasteiger partial charge on any atom is -0.468 e. The highest BCUT2D eigenvalue weighted by Crippen LogP contribution is 2.19. The molecule has 0 atom stereocenters. The Bertz CT molecular complexity index is 518. The standard InChI is InChI=1S/C10H16N2O4S/c1-8-9(5-6-11(8)2)17(14,15)12(3)7-10(13)16-4/h5-6H,7H2,1-4H3. The van der Waals surface area contributed by atoms with E-state index in [9.17, 15) is 13.2 Å². The molecular formula is C10H16N2O4S. The summed E-state index contributed by atoms with van der Waals surface area (Å²) in [4.78, 5) is 11.3. The molecule has 7 heteroatoms. The third kappa shape index (κ3) is 2.67. The second kappa shape index (κ2) is 4.89. The van der Waals surface area contributed by atoms with Gasteiger partial charge in [0, 0.05) is 26.0 Å². The van der Waals surface area contributed by atoms with Crippen LogP contribution >= 0.6 is 0 Å². The van der Waals surface area contributed by atoms with Crippen LogP contribution in [0.4, 0.5) is 0 Å². The average molecular weight is 260 g/mol. The number of ether oxygens (including phenoxy) is 1. The zero-order valence-corrected chi connectivity index (χ0v) is 11.1. The Hall–Kier alpha value is -1.34. The van der Waals surface area contributed by atoms with E-state index >= 15 is 0 Å². The van der Waals surface area contributed by atoms with Crippen LogP contribution in [0.1, 0.15) is 5.69 Å². The SMILES string of the molecule is COC(=O)CN(C)S(=O)(=O)c1ccn(C)c1C. The molecule has 0 N–H and O–H groups in total. The molecule has 0 aliphatic carbocycles. The summed E-state index contributed by atoms with van der Waals surface area (Å²) in [5.41, 5.74) is 0.627. The summed E-state index contributed by atoms with van der Waals surface area (Å²) in [6.45, 7) is 1.41. The monoisotopic (exact) mass is 260 g/mol. The van der Waals surface area contributed by atoms with E-state index in [0.717, 1.165) is 4.31 Å². The number of hydrogen-bond acceptors (Lipinski definition) is 4. The van der Waals surface area contributed by atoms with Crippen LogP contribution in [-0.2, 0) is 26.6 Å². The maximum absolute atomic E-state index is 12.1. The summed E-state index contributed by atoms with van der Waals surface area (Å²) in [7, 11) is 0.681. The minimum atomic E-state index is -3.64.